The van der Waals surface area contributed by atoms with Gasteiger partial charge in [0, 0.05) is 6.08 Å². The molecule has 0 aliphatic rings. The van der Waals surface area contributed by atoms with Gasteiger partial charge in [-0.15, -0.1) is 0 Å². The fourth-order valence-electron chi connectivity index (χ4n) is 1.40. The first-order chi connectivity index (χ1) is 8.81. The van der Waals surface area contributed by atoms with Crippen LogP contribution >= 0.6 is 0 Å². The minimum Gasteiger partial charge on any atom is -0.480 e. The average molecular weight is 271 g/mol. The molecule has 2 N–H and O–H groups in total. The minimum atomic E-state index is -0.833. The maximum atomic E-state index is 11.3. The number of rotatable bonds is 9. The molecule has 0 heterocycles. The topological polar surface area (TPSA) is 75.6 Å². The van der Waals surface area contributed by atoms with E-state index in [9.17, 15) is 9.59 Å². The molecule has 0 atom stereocenters. The lowest BCUT2D eigenvalue weighted by atomic mass is 10.2. The number of hydrogen-bond acceptors (Lipinski definition) is 4. The Hall–Kier alpha value is -1.36. The van der Waals surface area contributed by atoms with Crippen LogP contribution in [0.1, 0.15) is 46.5 Å². The lowest BCUT2D eigenvalue weighted by Crippen LogP contribution is -2.23. The van der Waals surface area contributed by atoms with Crippen molar-refractivity contribution in [1.29, 1.82) is 0 Å². The predicted molar refractivity (Wildman–Crippen MR) is 74.0 cm³/mol. The summed E-state index contributed by atoms with van der Waals surface area (Å²) in [6.45, 7) is 6.23. The van der Waals surface area contributed by atoms with Crippen LogP contribution in [-0.2, 0) is 14.3 Å². The zero-order valence-electron chi connectivity index (χ0n) is 12.1. The summed E-state index contributed by atoms with van der Waals surface area (Å²) in [6, 6.07) is 0. The number of carbonyl (C=O) groups excluding carboxylic acids is 1. The van der Waals surface area contributed by atoms with Crippen molar-refractivity contribution in [3.05, 3.63) is 12.2 Å². The van der Waals surface area contributed by atoms with E-state index >= 15 is 0 Å². The molecule has 19 heavy (non-hydrogen) atoms. The van der Waals surface area contributed by atoms with Crippen LogP contribution in [0.15, 0.2) is 12.2 Å². The smallest absolute Gasteiger partial charge is 0.330 e. The number of carboxylic acids is 1. The Labute approximate surface area is 115 Å². The van der Waals surface area contributed by atoms with Gasteiger partial charge < -0.3 is 15.2 Å². The van der Waals surface area contributed by atoms with Gasteiger partial charge in [-0.1, -0.05) is 12.5 Å². The molecule has 0 aliphatic carbocycles. The molecule has 5 nitrogen and oxygen atoms in total. The van der Waals surface area contributed by atoms with Gasteiger partial charge in [0.25, 0.3) is 0 Å². The first kappa shape index (κ1) is 17.6. The summed E-state index contributed by atoms with van der Waals surface area (Å²) >= 11 is 0. The summed E-state index contributed by atoms with van der Waals surface area (Å²) in [6.07, 6.45) is 7.04. The molecule has 5 heteroatoms. The second-order valence-corrected chi connectivity index (χ2v) is 5.36. The van der Waals surface area contributed by atoms with Gasteiger partial charge >= 0.3 is 11.9 Å². The minimum absolute atomic E-state index is 0.0124. The molecule has 110 valence electrons. The van der Waals surface area contributed by atoms with Crippen molar-refractivity contribution in [3.63, 3.8) is 0 Å². The highest BCUT2D eigenvalue weighted by Crippen LogP contribution is 2.07. The first-order valence-corrected chi connectivity index (χ1v) is 6.63. The number of nitrogens with one attached hydrogen (secondary N) is 1. The van der Waals surface area contributed by atoms with Crippen LogP contribution in [0.4, 0.5) is 0 Å². The largest absolute Gasteiger partial charge is 0.480 e. The number of ether oxygens (including phenoxy) is 1. The molecule has 0 aromatic carbocycles. The van der Waals surface area contributed by atoms with Crippen LogP contribution in [0.5, 0.6) is 0 Å². The van der Waals surface area contributed by atoms with E-state index in [0.29, 0.717) is 6.54 Å². The molecular weight excluding hydrogens is 246 g/mol. The van der Waals surface area contributed by atoms with Gasteiger partial charge in [0.15, 0.2) is 0 Å². The summed E-state index contributed by atoms with van der Waals surface area (Å²) in [4.78, 5) is 21.5. The van der Waals surface area contributed by atoms with E-state index in [0.717, 1.165) is 25.7 Å². The van der Waals surface area contributed by atoms with Crippen LogP contribution in [-0.4, -0.2) is 35.7 Å². The summed E-state index contributed by atoms with van der Waals surface area (Å²) in [5.41, 5.74) is -0.447. The number of aliphatic carboxylic acids is 1. The molecule has 0 saturated heterocycles. The van der Waals surface area contributed by atoms with Crippen LogP contribution in [0, 0.1) is 0 Å². The summed E-state index contributed by atoms with van der Waals surface area (Å²) in [7, 11) is 0. The molecule has 0 fully saturated rings. The van der Waals surface area contributed by atoms with Crippen LogP contribution in [0.3, 0.4) is 0 Å². The molecule has 0 aromatic heterocycles. The van der Waals surface area contributed by atoms with E-state index in [2.05, 4.69) is 5.32 Å². The molecule has 0 radical (unpaired) electrons. The zero-order chi connectivity index (χ0) is 14.7. The van der Waals surface area contributed by atoms with Crippen LogP contribution in [0.25, 0.3) is 0 Å². The van der Waals surface area contributed by atoms with Gasteiger partial charge in [-0.3, -0.25) is 4.79 Å². The highest BCUT2D eigenvalue weighted by Gasteiger charge is 2.13. The van der Waals surface area contributed by atoms with Crippen molar-refractivity contribution < 1.29 is 19.4 Å². The van der Waals surface area contributed by atoms with E-state index < -0.39 is 11.6 Å². The number of esters is 1. The summed E-state index contributed by atoms with van der Waals surface area (Å²) in [5.74, 6) is -1.14. The maximum Gasteiger partial charge on any atom is 0.330 e. The quantitative estimate of drug-likeness (QED) is 0.381. The SMILES string of the molecule is CC(C)(C)OC(=O)C=CCCCCCNCC(=O)O. The molecule has 0 amide bonds. The molecular formula is C14H25NO4. The van der Waals surface area contributed by atoms with Gasteiger partial charge in [0.05, 0.1) is 6.54 Å². The highest BCUT2D eigenvalue weighted by molar-refractivity contribution is 5.82. The Bertz CT molecular complexity index is 305. The van der Waals surface area contributed by atoms with Gasteiger partial charge in [-0.25, -0.2) is 4.79 Å². The van der Waals surface area contributed by atoms with Crippen molar-refractivity contribution >= 4 is 11.9 Å². The van der Waals surface area contributed by atoms with Crippen LogP contribution in [0.2, 0.25) is 0 Å². The lowest BCUT2D eigenvalue weighted by Gasteiger charge is -2.17. The number of carbonyl (C=O) groups is 2. The van der Waals surface area contributed by atoms with E-state index in [1.807, 2.05) is 26.8 Å². The van der Waals surface area contributed by atoms with Gasteiger partial charge in [-0.05, 0) is 46.6 Å². The van der Waals surface area contributed by atoms with Crippen molar-refractivity contribution in [2.75, 3.05) is 13.1 Å². The normalized spacial score (nSPS) is 11.7. The molecule has 0 unspecified atom stereocenters. The Morgan fingerprint density at radius 1 is 1.21 bits per heavy atom. The van der Waals surface area contributed by atoms with E-state index in [1.54, 1.807) is 0 Å². The van der Waals surface area contributed by atoms with Crippen molar-refractivity contribution in [3.8, 4) is 0 Å². The Morgan fingerprint density at radius 2 is 1.89 bits per heavy atom. The van der Waals surface area contributed by atoms with Crippen LogP contribution < -0.4 is 5.32 Å². The van der Waals surface area contributed by atoms with Crippen molar-refractivity contribution in [2.45, 2.75) is 52.1 Å². The number of carboxylic acid groups (broad SMARTS) is 1. The summed E-state index contributed by atoms with van der Waals surface area (Å²) in [5, 5.41) is 11.2. The third-order valence-corrected chi connectivity index (χ3v) is 2.16. The zero-order valence-corrected chi connectivity index (χ0v) is 12.1. The van der Waals surface area contributed by atoms with Gasteiger partial charge in [-0.2, -0.15) is 0 Å². The summed E-state index contributed by atoms with van der Waals surface area (Å²) < 4.78 is 5.13. The second-order valence-electron chi connectivity index (χ2n) is 5.36. The molecule has 0 rings (SSSR count). The molecule has 0 aromatic rings. The maximum absolute atomic E-state index is 11.3. The third-order valence-electron chi connectivity index (χ3n) is 2.16. The van der Waals surface area contributed by atoms with E-state index in [1.165, 1.54) is 6.08 Å². The van der Waals surface area contributed by atoms with E-state index in [-0.39, 0.29) is 12.5 Å². The van der Waals surface area contributed by atoms with Crippen molar-refractivity contribution in [2.24, 2.45) is 0 Å². The molecule has 0 spiro atoms. The van der Waals surface area contributed by atoms with Gasteiger partial charge in [0.2, 0.25) is 0 Å². The number of hydrogen-bond donors (Lipinski definition) is 2. The van der Waals surface area contributed by atoms with Gasteiger partial charge in [0.1, 0.15) is 5.60 Å². The standard InChI is InChI=1S/C14H25NO4/c1-14(2,3)19-13(18)9-7-5-4-6-8-10-15-11-12(16)17/h7,9,15H,4-6,8,10-11H2,1-3H3,(H,16,17). The van der Waals surface area contributed by atoms with Crippen molar-refractivity contribution in [1.82, 2.24) is 5.32 Å². The molecule has 0 aliphatic heterocycles. The Balaban J connectivity index is 3.44. The van der Waals surface area contributed by atoms with E-state index in [4.69, 9.17) is 9.84 Å². The fraction of sp³-hybridized carbons (Fsp3) is 0.714. The first-order valence-electron chi connectivity index (χ1n) is 6.63. The third kappa shape index (κ3) is 14.6. The number of allylic oxidation sites excluding steroid dienone is 1. The second kappa shape index (κ2) is 9.55. The molecule has 0 bridgehead atoms. The highest BCUT2D eigenvalue weighted by atomic mass is 16.6. The lowest BCUT2D eigenvalue weighted by molar-refractivity contribution is -0.148. The monoisotopic (exact) mass is 271 g/mol. The number of unbranched alkanes of at least 4 members (excludes halogenated alkanes) is 3. The Kier molecular flexibility index (Phi) is 8.87. The fourth-order valence-corrected chi connectivity index (χ4v) is 1.40. The average Bonchev–Trinajstić information content (AvgIpc) is 2.24. The molecule has 0 saturated carbocycles. The predicted octanol–water partition coefficient (Wildman–Crippen LogP) is 2.12. The Morgan fingerprint density at radius 3 is 2.47 bits per heavy atom.